The van der Waals surface area contributed by atoms with Gasteiger partial charge in [0.1, 0.15) is 5.69 Å². The van der Waals surface area contributed by atoms with Crippen molar-refractivity contribution < 1.29 is 13.5 Å². The summed E-state index contributed by atoms with van der Waals surface area (Å²) in [7, 11) is 0. The number of hydrogen-bond acceptors (Lipinski definition) is 8. The molecule has 1 atom stereocenters. The predicted molar refractivity (Wildman–Crippen MR) is 101 cm³/mol. The maximum Gasteiger partial charge on any atom is 0.281 e. The molecule has 0 aliphatic carbocycles. The minimum absolute atomic E-state index is 0.0764. The summed E-state index contributed by atoms with van der Waals surface area (Å²) in [6.07, 6.45) is 2.94. The van der Waals surface area contributed by atoms with Crippen LogP contribution in [0, 0.1) is 16.7 Å². The molecular formula is C17H23F2N7OS. The lowest BCUT2D eigenvalue weighted by Gasteiger charge is -2.36. The monoisotopic (exact) mass is 411 g/mol. The zero-order chi connectivity index (χ0) is 20.1. The zero-order valence-electron chi connectivity index (χ0n) is 15.2. The number of nitrogens with two attached hydrogens (primary N) is 1. The first kappa shape index (κ1) is 20.5. The van der Waals surface area contributed by atoms with Crippen molar-refractivity contribution in [3.8, 4) is 5.88 Å². The predicted octanol–water partition coefficient (Wildman–Crippen LogP) is 2.00. The summed E-state index contributed by atoms with van der Waals surface area (Å²) in [6, 6.07) is -0.248. The van der Waals surface area contributed by atoms with Crippen LogP contribution < -0.4 is 16.0 Å². The van der Waals surface area contributed by atoms with Crippen LogP contribution in [0.4, 0.5) is 8.78 Å². The first-order valence-electron chi connectivity index (χ1n) is 8.95. The van der Waals surface area contributed by atoms with Crippen molar-refractivity contribution in [3.63, 3.8) is 0 Å². The lowest BCUT2D eigenvalue weighted by Crippen LogP contribution is -2.41. The van der Waals surface area contributed by atoms with Crippen molar-refractivity contribution in [2.75, 3.05) is 26.2 Å². The molecule has 152 valence electrons. The van der Waals surface area contributed by atoms with E-state index in [0.717, 1.165) is 32.3 Å². The van der Waals surface area contributed by atoms with E-state index >= 15 is 0 Å². The number of hydrogen-bond donors (Lipinski definition) is 3. The van der Waals surface area contributed by atoms with Crippen LogP contribution in [0.15, 0.2) is 17.9 Å². The Morgan fingerprint density at radius 2 is 2.11 bits per heavy atom. The van der Waals surface area contributed by atoms with E-state index in [4.69, 9.17) is 21.3 Å². The SMILES string of the molecule is N=Cn1c(OCC2CCN(C(CN)c3scnc3C(F)F)CC2)cncc1=N. The molecule has 4 N–H and O–H groups in total. The molecule has 28 heavy (non-hydrogen) atoms. The number of likely N-dealkylation sites (tertiary alicyclic amines) is 1. The molecule has 1 aliphatic rings. The highest BCUT2D eigenvalue weighted by Crippen LogP contribution is 2.34. The van der Waals surface area contributed by atoms with E-state index in [9.17, 15) is 8.78 Å². The molecule has 1 aliphatic heterocycles. The summed E-state index contributed by atoms with van der Waals surface area (Å²) < 4.78 is 33.4. The Hall–Kier alpha value is -2.24. The first-order chi connectivity index (χ1) is 13.5. The molecule has 0 spiro atoms. The highest BCUT2D eigenvalue weighted by molar-refractivity contribution is 7.09. The standard InChI is InChI=1S/C17H23F2N7OS/c18-17(19)15-16(28-10-24-15)12(5-20)25-3-1-11(2-4-25)8-27-14-7-23-6-13(22)26(14)9-21/h6-7,9-12,17,21-22H,1-5,8,20H2. The topological polar surface area (TPSA) is 117 Å². The molecule has 0 amide bonds. The normalized spacial score (nSPS) is 17.0. The van der Waals surface area contributed by atoms with Gasteiger partial charge in [0.25, 0.3) is 6.43 Å². The van der Waals surface area contributed by atoms with Gasteiger partial charge in [-0.15, -0.1) is 11.3 Å². The summed E-state index contributed by atoms with van der Waals surface area (Å²) in [5, 5.41) is 15.1. The average molecular weight is 411 g/mol. The van der Waals surface area contributed by atoms with Gasteiger partial charge in [-0.1, -0.05) is 0 Å². The number of nitrogens with one attached hydrogen (secondary N) is 2. The van der Waals surface area contributed by atoms with Crippen molar-refractivity contribution in [1.29, 1.82) is 10.8 Å². The van der Waals surface area contributed by atoms with E-state index in [1.807, 2.05) is 0 Å². The van der Waals surface area contributed by atoms with E-state index < -0.39 is 6.43 Å². The van der Waals surface area contributed by atoms with E-state index in [0.29, 0.717) is 23.3 Å². The minimum Gasteiger partial charge on any atom is -0.477 e. The molecular weight excluding hydrogens is 388 g/mol. The third kappa shape index (κ3) is 4.42. The lowest BCUT2D eigenvalue weighted by molar-refractivity contribution is 0.103. The fraction of sp³-hybridized carbons (Fsp3) is 0.529. The molecule has 0 bridgehead atoms. The van der Waals surface area contributed by atoms with Crippen molar-refractivity contribution >= 4 is 17.7 Å². The summed E-state index contributed by atoms with van der Waals surface area (Å²) in [4.78, 5) is 10.4. The molecule has 1 fully saturated rings. The van der Waals surface area contributed by atoms with Crippen molar-refractivity contribution in [2.24, 2.45) is 11.7 Å². The summed E-state index contributed by atoms with van der Waals surface area (Å²) in [6.45, 7) is 2.18. The number of piperidine rings is 1. The van der Waals surface area contributed by atoms with E-state index in [-0.39, 0.29) is 23.8 Å². The second-order valence-electron chi connectivity index (χ2n) is 6.57. The Morgan fingerprint density at radius 3 is 2.75 bits per heavy atom. The van der Waals surface area contributed by atoms with Gasteiger partial charge in [0.2, 0.25) is 5.88 Å². The van der Waals surface area contributed by atoms with Gasteiger partial charge in [-0.3, -0.25) is 25.3 Å². The quantitative estimate of drug-likeness (QED) is 0.454. The number of ether oxygens (including phenoxy) is 1. The summed E-state index contributed by atoms with van der Waals surface area (Å²) in [5.41, 5.74) is 7.26. The van der Waals surface area contributed by atoms with Gasteiger partial charge >= 0.3 is 0 Å². The number of halogens is 2. The highest BCUT2D eigenvalue weighted by atomic mass is 32.1. The van der Waals surface area contributed by atoms with E-state index in [1.54, 1.807) is 0 Å². The van der Waals surface area contributed by atoms with Gasteiger partial charge < -0.3 is 10.5 Å². The van der Waals surface area contributed by atoms with Gasteiger partial charge in [0, 0.05) is 6.54 Å². The van der Waals surface area contributed by atoms with Crippen molar-refractivity contribution in [1.82, 2.24) is 19.4 Å². The number of alkyl halides is 2. The lowest BCUT2D eigenvalue weighted by atomic mass is 9.96. The molecule has 1 saturated heterocycles. The molecule has 1 unspecified atom stereocenters. The Bertz CT molecular complexity index is 848. The van der Waals surface area contributed by atoms with Gasteiger partial charge in [0.15, 0.2) is 5.49 Å². The number of thiazole rings is 1. The fourth-order valence-electron chi connectivity index (χ4n) is 3.39. The van der Waals surface area contributed by atoms with E-state index in [1.165, 1.54) is 33.8 Å². The van der Waals surface area contributed by atoms with Crippen LogP contribution in [0.5, 0.6) is 5.88 Å². The van der Waals surface area contributed by atoms with Crippen LogP contribution in [0.1, 0.15) is 35.9 Å². The first-order valence-corrected chi connectivity index (χ1v) is 9.83. The summed E-state index contributed by atoms with van der Waals surface area (Å²) >= 11 is 1.23. The zero-order valence-corrected chi connectivity index (χ0v) is 16.0. The molecule has 0 aromatic carbocycles. The van der Waals surface area contributed by atoms with Gasteiger partial charge in [-0.05, 0) is 31.8 Å². The van der Waals surface area contributed by atoms with Crippen LogP contribution in [-0.2, 0) is 0 Å². The number of rotatable bonds is 8. The second-order valence-corrected chi connectivity index (χ2v) is 7.46. The second kappa shape index (κ2) is 9.30. The van der Waals surface area contributed by atoms with Crippen molar-refractivity contribution in [3.05, 3.63) is 34.0 Å². The molecule has 2 aromatic rings. The Kier molecular flexibility index (Phi) is 6.81. The number of nitrogens with zero attached hydrogens (tertiary/aromatic N) is 4. The molecule has 8 nitrogen and oxygen atoms in total. The molecule has 11 heteroatoms. The third-order valence-corrected chi connectivity index (χ3v) is 5.87. The third-order valence-electron chi connectivity index (χ3n) is 4.92. The maximum atomic E-state index is 13.2. The van der Waals surface area contributed by atoms with Gasteiger partial charge in [-0.2, -0.15) is 0 Å². The Morgan fingerprint density at radius 1 is 1.36 bits per heavy atom. The van der Waals surface area contributed by atoms with Crippen LogP contribution >= 0.6 is 11.3 Å². The molecule has 0 radical (unpaired) electrons. The highest BCUT2D eigenvalue weighted by Gasteiger charge is 2.30. The maximum absolute atomic E-state index is 13.2. The van der Waals surface area contributed by atoms with Gasteiger partial charge in [0.05, 0.1) is 41.8 Å². The Balaban J connectivity index is 1.58. The average Bonchev–Trinajstić information content (AvgIpc) is 3.18. The van der Waals surface area contributed by atoms with Crippen LogP contribution in [-0.4, -0.2) is 52.0 Å². The minimum atomic E-state index is -2.59. The van der Waals surface area contributed by atoms with E-state index in [2.05, 4.69) is 14.9 Å². The van der Waals surface area contributed by atoms with Gasteiger partial charge in [-0.25, -0.2) is 13.8 Å². The molecule has 0 saturated carbocycles. The van der Waals surface area contributed by atoms with Crippen LogP contribution in [0.3, 0.4) is 0 Å². The largest absolute Gasteiger partial charge is 0.477 e. The molecule has 3 heterocycles. The Labute approximate surface area is 165 Å². The smallest absolute Gasteiger partial charge is 0.281 e. The van der Waals surface area contributed by atoms with Crippen molar-refractivity contribution in [2.45, 2.75) is 25.3 Å². The molecule has 2 aromatic heterocycles. The van der Waals surface area contributed by atoms with Crippen LogP contribution in [0.25, 0.3) is 0 Å². The molecule has 3 rings (SSSR count). The summed E-state index contributed by atoms with van der Waals surface area (Å²) in [5.74, 6) is 0.648. The fourth-order valence-corrected chi connectivity index (χ4v) is 4.33. The number of aromatic nitrogens is 3. The van der Waals surface area contributed by atoms with Crippen LogP contribution in [0.2, 0.25) is 0 Å².